The molecule has 0 atom stereocenters. The zero-order valence-electron chi connectivity index (χ0n) is 18.5. The Kier molecular flexibility index (Phi) is 6.27. The minimum absolute atomic E-state index is 0.173. The van der Waals surface area contributed by atoms with Gasteiger partial charge in [0, 0.05) is 11.3 Å². The van der Waals surface area contributed by atoms with Gasteiger partial charge in [-0.25, -0.2) is 0 Å². The van der Waals surface area contributed by atoms with Crippen LogP contribution in [0.2, 0.25) is 0 Å². The number of aromatic hydroxyl groups is 4. The Morgan fingerprint density at radius 3 is 1.12 bits per heavy atom. The monoisotopic (exact) mass is 440 g/mol. The second-order valence-corrected chi connectivity index (χ2v) is 8.43. The first-order valence-electron chi connectivity index (χ1n) is 11.1. The Morgan fingerprint density at radius 2 is 0.818 bits per heavy atom. The first kappa shape index (κ1) is 22.3. The third-order valence-electron chi connectivity index (χ3n) is 6.35. The van der Waals surface area contributed by atoms with Crippen LogP contribution >= 0.6 is 0 Å². The van der Waals surface area contributed by atoms with Crippen molar-refractivity contribution in [2.24, 2.45) is 0 Å². The highest BCUT2D eigenvalue weighted by Crippen LogP contribution is 2.52. The molecule has 0 amide bonds. The lowest BCUT2D eigenvalue weighted by molar-refractivity contribution is 0.409. The zero-order chi connectivity index (χ0) is 23.4. The molecule has 4 aromatic carbocycles. The lowest BCUT2D eigenvalue weighted by Gasteiger charge is -2.43. The van der Waals surface area contributed by atoms with Crippen LogP contribution in [0.4, 0.5) is 0 Å². The van der Waals surface area contributed by atoms with Crippen molar-refractivity contribution in [3.63, 3.8) is 0 Å². The van der Waals surface area contributed by atoms with E-state index in [1.54, 1.807) is 48.5 Å². The van der Waals surface area contributed by atoms with Crippen molar-refractivity contribution in [3.8, 4) is 23.0 Å². The third-order valence-corrected chi connectivity index (χ3v) is 6.35. The first-order chi connectivity index (χ1) is 15.9. The largest absolute Gasteiger partial charge is 0.508 e. The summed E-state index contributed by atoms with van der Waals surface area (Å²) in [4.78, 5) is 0. The Morgan fingerprint density at radius 1 is 0.515 bits per heavy atom. The summed E-state index contributed by atoms with van der Waals surface area (Å²) in [5.74, 6) is 0.603. The fourth-order valence-electron chi connectivity index (χ4n) is 4.94. The van der Waals surface area contributed by atoms with Crippen molar-refractivity contribution in [1.29, 1.82) is 0 Å². The predicted molar refractivity (Wildman–Crippen MR) is 130 cm³/mol. The summed E-state index contributed by atoms with van der Waals surface area (Å²) in [6.45, 7) is 2.14. The summed E-state index contributed by atoms with van der Waals surface area (Å²) in [5.41, 5.74) is 3.52. The number of hydrogen-bond donors (Lipinski definition) is 4. The molecule has 0 aliphatic heterocycles. The van der Waals surface area contributed by atoms with E-state index in [9.17, 15) is 20.4 Å². The zero-order valence-corrected chi connectivity index (χ0v) is 18.5. The molecule has 4 aromatic rings. The molecule has 4 N–H and O–H groups in total. The van der Waals surface area contributed by atoms with Crippen LogP contribution < -0.4 is 0 Å². The maximum atomic E-state index is 10.0. The molecule has 0 aromatic heterocycles. The molecule has 0 bridgehead atoms. The van der Waals surface area contributed by atoms with Gasteiger partial charge < -0.3 is 20.4 Å². The second kappa shape index (κ2) is 9.29. The van der Waals surface area contributed by atoms with Crippen LogP contribution in [0, 0.1) is 0 Å². The van der Waals surface area contributed by atoms with Crippen LogP contribution in [-0.4, -0.2) is 20.4 Å². The molecule has 0 unspecified atom stereocenters. The van der Waals surface area contributed by atoms with Gasteiger partial charge in [-0.3, -0.25) is 0 Å². The topological polar surface area (TPSA) is 80.9 Å². The van der Waals surface area contributed by atoms with Crippen molar-refractivity contribution >= 4 is 0 Å². The van der Waals surface area contributed by atoms with Crippen LogP contribution in [0.1, 0.15) is 47.9 Å². The third kappa shape index (κ3) is 4.37. The fourth-order valence-corrected chi connectivity index (χ4v) is 4.94. The average molecular weight is 441 g/mol. The van der Waals surface area contributed by atoms with Crippen molar-refractivity contribution in [2.75, 3.05) is 0 Å². The molecule has 4 nitrogen and oxygen atoms in total. The van der Waals surface area contributed by atoms with Gasteiger partial charge in [-0.05, 0) is 77.2 Å². The van der Waals surface area contributed by atoms with Gasteiger partial charge in [0.05, 0.1) is 0 Å². The molecule has 0 radical (unpaired) electrons. The van der Waals surface area contributed by atoms with E-state index < -0.39 is 5.41 Å². The lowest BCUT2D eigenvalue weighted by Crippen LogP contribution is -2.36. The van der Waals surface area contributed by atoms with Crippen LogP contribution in [0.15, 0.2) is 97.1 Å². The van der Waals surface area contributed by atoms with E-state index in [0.29, 0.717) is 0 Å². The number of phenols is 4. The molecule has 4 rings (SSSR count). The molecule has 4 heteroatoms. The molecule has 33 heavy (non-hydrogen) atoms. The SMILES string of the molecule is CCCC(c1ccc(O)cc1)(c1ccc(O)cc1)C(c1ccc(O)cc1)c1ccc(O)cc1. The first-order valence-corrected chi connectivity index (χ1v) is 11.1. The predicted octanol–water partition coefficient (Wildman–Crippen LogP) is 6.43. The summed E-state index contributed by atoms with van der Waals surface area (Å²) in [6.07, 6.45) is 1.67. The molecule has 0 aliphatic carbocycles. The Bertz CT molecular complexity index is 1090. The Hall–Kier alpha value is -3.92. The van der Waals surface area contributed by atoms with E-state index in [1.165, 1.54) is 0 Å². The second-order valence-electron chi connectivity index (χ2n) is 8.43. The average Bonchev–Trinajstić information content (AvgIpc) is 2.82. The van der Waals surface area contributed by atoms with Crippen molar-refractivity contribution in [1.82, 2.24) is 0 Å². The summed E-state index contributed by atoms with van der Waals surface area (Å²) in [5, 5.41) is 39.9. The van der Waals surface area contributed by atoms with Gasteiger partial charge in [-0.2, -0.15) is 0 Å². The van der Waals surface area contributed by atoms with Crippen molar-refractivity contribution in [3.05, 3.63) is 119 Å². The van der Waals surface area contributed by atoms with Crippen LogP contribution in [0.3, 0.4) is 0 Å². The van der Waals surface area contributed by atoms with Crippen LogP contribution in [0.5, 0.6) is 23.0 Å². The molecular weight excluding hydrogens is 412 g/mol. The van der Waals surface area contributed by atoms with Gasteiger partial charge in [-0.1, -0.05) is 61.9 Å². The molecule has 0 saturated carbocycles. The summed E-state index contributed by atoms with van der Waals surface area (Å²) in [7, 11) is 0. The molecule has 0 heterocycles. The number of phenolic OH excluding ortho intramolecular Hbond substituents is 4. The van der Waals surface area contributed by atoms with Gasteiger partial charge >= 0.3 is 0 Å². The molecule has 0 spiro atoms. The van der Waals surface area contributed by atoms with Gasteiger partial charge in [0.2, 0.25) is 0 Å². The maximum absolute atomic E-state index is 10.0. The van der Waals surface area contributed by atoms with Gasteiger partial charge in [0.1, 0.15) is 23.0 Å². The molecule has 0 fully saturated rings. The fraction of sp³-hybridized carbons (Fsp3) is 0.172. The normalized spacial score (nSPS) is 11.6. The lowest BCUT2D eigenvalue weighted by atomic mass is 9.59. The highest BCUT2D eigenvalue weighted by molar-refractivity contribution is 5.52. The Balaban J connectivity index is 2.07. The van der Waals surface area contributed by atoms with Crippen LogP contribution in [0.25, 0.3) is 0 Å². The Labute approximate surface area is 194 Å². The highest BCUT2D eigenvalue weighted by Gasteiger charge is 2.43. The van der Waals surface area contributed by atoms with E-state index in [1.807, 2.05) is 48.5 Å². The van der Waals surface area contributed by atoms with Crippen molar-refractivity contribution < 1.29 is 20.4 Å². The maximum Gasteiger partial charge on any atom is 0.115 e. The highest BCUT2D eigenvalue weighted by atomic mass is 16.3. The number of hydrogen-bond acceptors (Lipinski definition) is 4. The molecule has 168 valence electrons. The molecule has 0 saturated heterocycles. The quantitative estimate of drug-likeness (QED) is 0.267. The minimum Gasteiger partial charge on any atom is -0.508 e. The minimum atomic E-state index is -0.551. The molecule has 0 aliphatic rings. The van der Waals surface area contributed by atoms with Crippen molar-refractivity contribution in [2.45, 2.75) is 31.1 Å². The smallest absolute Gasteiger partial charge is 0.115 e. The number of benzene rings is 4. The summed E-state index contributed by atoms with van der Waals surface area (Å²) >= 11 is 0. The van der Waals surface area contributed by atoms with Gasteiger partial charge in [0.25, 0.3) is 0 Å². The van der Waals surface area contributed by atoms with Crippen LogP contribution in [-0.2, 0) is 5.41 Å². The van der Waals surface area contributed by atoms with E-state index in [-0.39, 0.29) is 28.9 Å². The van der Waals surface area contributed by atoms with Gasteiger partial charge in [-0.15, -0.1) is 0 Å². The van der Waals surface area contributed by atoms with E-state index in [4.69, 9.17) is 0 Å². The van der Waals surface area contributed by atoms with E-state index in [2.05, 4.69) is 6.92 Å². The summed E-state index contributed by atoms with van der Waals surface area (Å²) in [6, 6.07) is 29.1. The van der Waals surface area contributed by atoms with E-state index >= 15 is 0 Å². The van der Waals surface area contributed by atoms with Gasteiger partial charge in [0.15, 0.2) is 0 Å². The number of rotatable bonds is 7. The standard InChI is InChI=1S/C29H28O4/c1-2-19-29(22-7-15-26(32)16-8-22,23-9-17-27(33)18-10-23)28(20-3-11-24(30)12-4-20)21-5-13-25(31)14-6-21/h3-18,28,30-33H,2,19H2,1H3. The van der Waals surface area contributed by atoms with E-state index in [0.717, 1.165) is 35.1 Å². The molecular formula is C29H28O4. The summed E-state index contributed by atoms with van der Waals surface area (Å²) < 4.78 is 0.